The monoisotopic (exact) mass is 492 g/mol. The van der Waals surface area contributed by atoms with Gasteiger partial charge in [-0.2, -0.15) is 0 Å². The summed E-state index contributed by atoms with van der Waals surface area (Å²) in [5.41, 5.74) is 1.80. The van der Waals surface area contributed by atoms with Crippen LogP contribution in [0.1, 0.15) is 52.5 Å². The van der Waals surface area contributed by atoms with Crippen LogP contribution in [0.5, 0.6) is 11.5 Å². The summed E-state index contributed by atoms with van der Waals surface area (Å²) in [6.07, 6.45) is 4.78. The Balaban J connectivity index is 1.65. The first-order valence-electron chi connectivity index (χ1n) is 12.0. The summed E-state index contributed by atoms with van der Waals surface area (Å²) in [7, 11) is 3.21. The molecule has 1 aliphatic carbocycles. The molecule has 2 aromatic carbocycles. The fourth-order valence-corrected chi connectivity index (χ4v) is 5.31. The van der Waals surface area contributed by atoms with Crippen molar-refractivity contribution < 1.29 is 19.1 Å². The van der Waals surface area contributed by atoms with Crippen molar-refractivity contribution in [3.05, 3.63) is 82.0 Å². The lowest BCUT2D eigenvalue weighted by Crippen LogP contribution is -2.46. The summed E-state index contributed by atoms with van der Waals surface area (Å²) in [4.78, 5) is 29.7. The molecule has 0 aliphatic heterocycles. The number of carbonyl (C=O) groups excluding carboxylic acids is 2. The molecule has 1 saturated carbocycles. The van der Waals surface area contributed by atoms with Crippen molar-refractivity contribution in [2.45, 2.75) is 44.2 Å². The summed E-state index contributed by atoms with van der Waals surface area (Å²) in [6, 6.07) is 18.5. The van der Waals surface area contributed by atoms with Gasteiger partial charge in [0.25, 0.3) is 5.91 Å². The molecule has 0 spiro atoms. The molecule has 1 N–H and O–H groups in total. The Hall–Kier alpha value is -3.32. The molecule has 7 heteroatoms. The largest absolute Gasteiger partial charge is 0.493 e. The fourth-order valence-electron chi connectivity index (χ4n) is 4.63. The van der Waals surface area contributed by atoms with Crippen LogP contribution in [0.2, 0.25) is 0 Å². The normalized spacial score (nSPS) is 14.3. The SMILES string of the molecule is COc1ccc(CCN(C(=O)c2cccs2)[C@@H](C(=O)NC2CCCC2)c2ccccc2)cc1OC. The van der Waals surface area contributed by atoms with Crippen molar-refractivity contribution in [1.29, 1.82) is 0 Å². The number of nitrogens with one attached hydrogen (secondary N) is 1. The third-order valence-electron chi connectivity index (χ3n) is 6.46. The van der Waals surface area contributed by atoms with E-state index in [1.807, 2.05) is 66.0 Å². The first kappa shape index (κ1) is 24.8. The van der Waals surface area contributed by atoms with E-state index < -0.39 is 6.04 Å². The predicted octanol–water partition coefficient (Wildman–Crippen LogP) is 5.25. The highest BCUT2D eigenvalue weighted by atomic mass is 32.1. The van der Waals surface area contributed by atoms with Crippen molar-refractivity contribution in [1.82, 2.24) is 10.2 Å². The zero-order valence-corrected chi connectivity index (χ0v) is 21.1. The Morgan fingerprint density at radius 1 is 1.00 bits per heavy atom. The van der Waals surface area contributed by atoms with E-state index >= 15 is 0 Å². The summed E-state index contributed by atoms with van der Waals surface area (Å²) in [5.74, 6) is 1.02. The summed E-state index contributed by atoms with van der Waals surface area (Å²) >= 11 is 1.39. The van der Waals surface area contributed by atoms with E-state index in [-0.39, 0.29) is 17.9 Å². The van der Waals surface area contributed by atoms with E-state index in [9.17, 15) is 9.59 Å². The van der Waals surface area contributed by atoms with Crippen LogP contribution in [0.15, 0.2) is 66.0 Å². The molecule has 1 atom stereocenters. The van der Waals surface area contributed by atoms with E-state index in [2.05, 4.69) is 5.32 Å². The molecule has 0 radical (unpaired) electrons. The smallest absolute Gasteiger partial charge is 0.264 e. The lowest BCUT2D eigenvalue weighted by atomic mass is 10.0. The van der Waals surface area contributed by atoms with Crippen LogP contribution in [0.3, 0.4) is 0 Å². The summed E-state index contributed by atoms with van der Waals surface area (Å²) in [6.45, 7) is 0.379. The average Bonchev–Trinajstić information content (AvgIpc) is 3.61. The molecule has 1 aromatic heterocycles. The van der Waals surface area contributed by atoms with Gasteiger partial charge in [0.05, 0.1) is 19.1 Å². The molecule has 3 aromatic rings. The first-order valence-corrected chi connectivity index (χ1v) is 12.9. The molecular formula is C28H32N2O4S. The van der Waals surface area contributed by atoms with Gasteiger partial charge in [0.1, 0.15) is 6.04 Å². The predicted molar refractivity (Wildman–Crippen MR) is 138 cm³/mol. The lowest BCUT2D eigenvalue weighted by molar-refractivity contribution is -0.126. The Morgan fingerprint density at radius 3 is 2.40 bits per heavy atom. The van der Waals surface area contributed by atoms with E-state index in [1.165, 1.54) is 11.3 Å². The van der Waals surface area contributed by atoms with Crippen molar-refractivity contribution in [3.63, 3.8) is 0 Å². The highest BCUT2D eigenvalue weighted by molar-refractivity contribution is 7.12. The van der Waals surface area contributed by atoms with Crippen molar-refractivity contribution >= 4 is 23.2 Å². The Morgan fingerprint density at radius 2 is 1.74 bits per heavy atom. The zero-order valence-electron chi connectivity index (χ0n) is 20.2. The topological polar surface area (TPSA) is 67.9 Å². The molecule has 35 heavy (non-hydrogen) atoms. The summed E-state index contributed by atoms with van der Waals surface area (Å²) in [5, 5.41) is 5.11. The number of methoxy groups -OCH3 is 2. The minimum Gasteiger partial charge on any atom is -0.493 e. The maximum atomic E-state index is 13.7. The van der Waals surface area contributed by atoms with E-state index in [0.717, 1.165) is 36.8 Å². The molecule has 0 unspecified atom stereocenters. The molecule has 2 amide bonds. The number of thiophene rings is 1. The summed E-state index contributed by atoms with van der Waals surface area (Å²) < 4.78 is 10.8. The molecule has 0 saturated heterocycles. The van der Waals surface area contributed by atoms with Gasteiger partial charge in [-0.05, 0) is 54.0 Å². The number of hydrogen-bond donors (Lipinski definition) is 1. The van der Waals surface area contributed by atoms with Crippen molar-refractivity contribution in [2.75, 3.05) is 20.8 Å². The van der Waals surface area contributed by atoms with E-state index in [4.69, 9.17) is 9.47 Å². The molecule has 1 heterocycles. The number of benzene rings is 2. The second kappa shape index (κ2) is 11.9. The first-order chi connectivity index (χ1) is 17.1. The van der Waals surface area contributed by atoms with Crippen molar-refractivity contribution in [2.24, 2.45) is 0 Å². The van der Waals surface area contributed by atoms with Gasteiger partial charge >= 0.3 is 0 Å². The van der Waals surface area contributed by atoms with Gasteiger partial charge in [-0.25, -0.2) is 0 Å². The standard InChI is InChI=1S/C28H32N2O4S/c1-33-23-15-14-20(19-24(23)34-2)16-17-30(28(32)25-13-8-18-35-25)26(21-9-4-3-5-10-21)27(31)29-22-11-6-7-12-22/h3-5,8-10,13-15,18-19,22,26H,6-7,11-12,16-17H2,1-2H3,(H,29,31)/t26-/m1/s1. The number of hydrogen-bond acceptors (Lipinski definition) is 5. The van der Waals surface area contributed by atoms with Crippen LogP contribution < -0.4 is 14.8 Å². The molecule has 4 rings (SSSR count). The van der Waals surface area contributed by atoms with Gasteiger partial charge in [0, 0.05) is 12.6 Å². The van der Waals surface area contributed by atoms with E-state index in [1.54, 1.807) is 19.1 Å². The Labute approximate surface area is 210 Å². The lowest BCUT2D eigenvalue weighted by Gasteiger charge is -2.32. The number of rotatable bonds is 10. The van der Waals surface area contributed by atoms with Crippen LogP contribution in [-0.2, 0) is 11.2 Å². The second-order valence-corrected chi connectivity index (χ2v) is 9.67. The van der Waals surface area contributed by atoms with Crippen LogP contribution >= 0.6 is 11.3 Å². The molecule has 1 aliphatic rings. The van der Waals surface area contributed by atoms with Gasteiger partial charge in [-0.3, -0.25) is 9.59 Å². The second-order valence-electron chi connectivity index (χ2n) is 8.72. The molecular weight excluding hydrogens is 460 g/mol. The van der Waals surface area contributed by atoms with Crippen LogP contribution in [-0.4, -0.2) is 43.5 Å². The quantitative estimate of drug-likeness (QED) is 0.420. The minimum absolute atomic E-state index is 0.125. The van der Waals surface area contributed by atoms with Crippen molar-refractivity contribution in [3.8, 4) is 11.5 Å². The van der Waals surface area contributed by atoms with Gasteiger partial charge < -0.3 is 19.7 Å². The van der Waals surface area contributed by atoms with Crippen LogP contribution in [0.4, 0.5) is 0 Å². The number of carbonyl (C=O) groups is 2. The minimum atomic E-state index is -0.716. The third-order valence-corrected chi connectivity index (χ3v) is 7.32. The third kappa shape index (κ3) is 6.03. The van der Waals surface area contributed by atoms with Crippen LogP contribution in [0, 0.1) is 0 Å². The molecule has 0 bridgehead atoms. The van der Waals surface area contributed by atoms with Crippen LogP contribution in [0.25, 0.3) is 0 Å². The van der Waals surface area contributed by atoms with Gasteiger partial charge in [-0.15, -0.1) is 11.3 Å². The maximum absolute atomic E-state index is 13.7. The number of amides is 2. The number of ether oxygens (including phenoxy) is 2. The highest BCUT2D eigenvalue weighted by Crippen LogP contribution is 2.30. The Bertz CT molecular complexity index is 1110. The maximum Gasteiger partial charge on any atom is 0.264 e. The number of nitrogens with zero attached hydrogens (tertiary/aromatic N) is 1. The molecule has 1 fully saturated rings. The molecule has 184 valence electrons. The zero-order chi connectivity index (χ0) is 24.6. The average molecular weight is 493 g/mol. The van der Waals surface area contributed by atoms with Gasteiger partial charge in [0.15, 0.2) is 11.5 Å². The molecule has 6 nitrogen and oxygen atoms in total. The van der Waals surface area contributed by atoms with Gasteiger partial charge in [0.2, 0.25) is 5.91 Å². The Kier molecular flexibility index (Phi) is 8.42. The van der Waals surface area contributed by atoms with E-state index in [0.29, 0.717) is 29.3 Å². The fraction of sp³-hybridized carbons (Fsp3) is 0.357. The highest BCUT2D eigenvalue weighted by Gasteiger charge is 2.33. The van der Waals surface area contributed by atoms with Gasteiger partial charge in [-0.1, -0.05) is 55.3 Å².